The molecular weight excluding hydrogens is 281 g/mol. The van der Waals surface area contributed by atoms with E-state index < -0.39 is 22.3 Å². The lowest BCUT2D eigenvalue weighted by atomic mass is 10.1. The molecule has 1 heterocycles. The van der Waals surface area contributed by atoms with Crippen LogP contribution in [0.15, 0.2) is 28.8 Å². The molecule has 0 fully saturated rings. The van der Waals surface area contributed by atoms with E-state index in [-0.39, 0.29) is 17.4 Å². The van der Waals surface area contributed by atoms with Gasteiger partial charge in [-0.3, -0.25) is 20.2 Å². The minimum absolute atomic E-state index is 0.0438. The van der Waals surface area contributed by atoms with Gasteiger partial charge in [0, 0.05) is 12.1 Å². The second-order valence-corrected chi connectivity index (χ2v) is 4.64. The van der Waals surface area contributed by atoms with Crippen LogP contribution in [0.4, 0.5) is 16.0 Å². The van der Waals surface area contributed by atoms with E-state index >= 15 is 0 Å². The summed E-state index contributed by atoms with van der Waals surface area (Å²) in [6, 6.07) is 4.16. The van der Waals surface area contributed by atoms with Crippen LogP contribution < -0.4 is 5.32 Å². The Hall–Kier alpha value is -2.77. The molecule has 0 spiro atoms. The number of nitrogens with zero attached hydrogens (tertiary/aromatic N) is 2. The van der Waals surface area contributed by atoms with Gasteiger partial charge in [0.05, 0.1) is 10.6 Å². The highest BCUT2D eigenvalue weighted by Gasteiger charge is 2.22. The zero-order valence-corrected chi connectivity index (χ0v) is 11.3. The second-order valence-electron chi connectivity index (χ2n) is 4.64. The molecule has 0 saturated heterocycles. The van der Waals surface area contributed by atoms with Crippen molar-refractivity contribution in [1.82, 2.24) is 5.16 Å². The first-order valence-electron chi connectivity index (χ1n) is 6.10. The van der Waals surface area contributed by atoms with E-state index in [1.807, 2.05) is 13.8 Å². The van der Waals surface area contributed by atoms with Crippen molar-refractivity contribution in [3.63, 3.8) is 0 Å². The van der Waals surface area contributed by atoms with Crippen molar-refractivity contribution in [1.29, 1.82) is 0 Å². The summed E-state index contributed by atoms with van der Waals surface area (Å²) >= 11 is 0. The molecule has 8 heteroatoms. The Bertz CT molecular complexity index is 696. The molecule has 0 unspecified atom stereocenters. The van der Waals surface area contributed by atoms with Crippen LogP contribution in [0.25, 0.3) is 0 Å². The summed E-state index contributed by atoms with van der Waals surface area (Å²) in [5.41, 5.74) is -0.251. The van der Waals surface area contributed by atoms with E-state index in [4.69, 9.17) is 4.52 Å². The summed E-state index contributed by atoms with van der Waals surface area (Å²) in [6.45, 7) is 3.78. The number of halogens is 1. The SMILES string of the molecule is CC(C)c1cc(NC(=O)c2cc(F)ccc2[N+](=O)[O-])on1. The summed E-state index contributed by atoms with van der Waals surface area (Å²) in [5, 5.41) is 16.9. The summed E-state index contributed by atoms with van der Waals surface area (Å²) < 4.78 is 18.1. The van der Waals surface area contributed by atoms with Crippen LogP contribution in [0.3, 0.4) is 0 Å². The van der Waals surface area contributed by atoms with E-state index in [9.17, 15) is 19.3 Å². The Morgan fingerprint density at radius 1 is 1.43 bits per heavy atom. The second kappa shape index (κ2) is 5.70. The van der Waals surface area contributed by atoms with E-state index in [2.05, 4.69) is 10.5 Å². The number of amides is 1. The van der Waals surface area contributed by atoms with Gasteiger partial charge in [-0.1, -0.05) is 19.0 Å². The smallest absolute Gasteiger partial charge is 0.282 e. The average Bonchev–Trinajstić information content (AvgIpc) is 2.86. The first-order valence-corrected chi connectivity index (χ1v) is 6.10. The maximum atomic E-state index is 13.2. The Kier molecular flexibility index (Phi) is 3.97. The van der Waals surface area contributed by atoms with Crippen LogP contribution in [0.5, 0.6) is 0 Å². The molecule has 2 rings (SSSR count). The molecule has 0 aliphatic carbocycles. The van der Waals surface area contributed by atoms with Crippen molar-refractivity contribution in [2.24, 2.45) is 0 Å². The molecule has 1 amide bonds. The van der Waals surface area contributed by atoms with E-state index in [0.717, 1.165) is 18.2 Å². The molecule has 0 aliphatic heterocycles. The number of nitrogens with one attached hydrogen (secondary N) is 1. The van der Waals surface area contributed by atoms with E-state index in [1.165, 1.54) is 6.07 Å². The number of benzene rings is 1. The van der Waals surface area contributed by atoms with Crippen molar-refractivity contribution in [3.05, 3.63) is 51.5 Å². The van der Waals surface area contributed by atoms with Gasteiger partial charge in [-0.15, -0.1) is 0 Å². The lowest BCUT2D eigenvalue weighted by molar-refractivity contribution is -0.385. The number of nitro benzene ring substituents is 1. The number of rotatable bonds is 4. The van der Waals surface area contributed by atoms with Crippen molar-refractivity contribution < 1.29 is 18.6 Å². The number of carbonyl (C=O) groups is 1. The van der Waals surface area contributed by atoms with Gasteiger partial charge in [0.15, 0.2) is 0 Å². The molecule has 1 aromatic carbocycles. The Morgan fingerprint density at radius 2 is 2.14 bits per heavy atom. The molecule has 1 aromatic heterocycles. The molecular formula is C13H12FN3O4. The highest BCUT2D eigenvalue weighted by molar-refractivity contribution is 6.06. The summed E-state index contributed by atoms with van der Waals surface area (Å²) in [4.78, 5) is 22.1. The van der Waals surface area contributed by atoms with Gasteiger partial charge in [-0.25, -0.2) is 4.39 Å². The zero-order valence-electron chi connectivity index (χ0n) is 11.3. The third-order valence-electron chi connectivity index (χ3n) is 2.76. The topological polar surface area (TPSA) is 98.3 Å². The van der Waals surface area contributed by atoms with Crippen molar-refractivity contribution >= 4 is 17.5 Å². The van der Waals surface area contributed by atoms with Crippen molar-refractivity contribution in [3.8, 4) is 0 Å². The quantitative estimate of drug-likeness (QED) is 0.689. The normalized spacial score (nSPS) is 10.7. The predicted octanol–water partition coefficient (Wildman–Crippen LogP) is 3.10. The van der Waals surface area contributed by atoms with Gasteiger partial charge >= 0.3 is 0 Å². The molecule has 0 aliphatic rings. The molecule has 110 valence electrons. The molecule has 0 saturated carbocycles. The average molecular weight is 293 g/mol. The Labute approximate surface area is 118 Å². The third-order valence-corrected chi connectivity index (χ3v) is 2.76. The van der Waals surface area contributed by atoms with Crippen molar-refractivity contribution in [2.45, 2.75) is 19.8 Å². The van der Waals surface area contributed by atoms with Crippen LogP contribution in [-0.2, 0) is 0 Å². The minimum Gasteiger partial charge on any atom is -0.338 e. The largest absolute Gasteiger partial charge is 0.338 e. The Morgan fingerprint density at radius 3 is 2.71 bits per heavy atom. The van der Waals surface area contributed by atoms with Gasteiger partial charge in [0.25, 0.3) is 11.6 Å². The number of hydrogen-bond donors (Lipinski definition) is 1. The number of anilines is 1. The van der Waals surface area contributed by atoms with Crippen molar-refractivity contribution in [2.75, 3.05) is 5.32 Å². The molecule has 21 heavy (non-hydrogen) atoms. The lowest BCUT2D eigenvalue weighted by Crippen LogP contribution is -2.13. The zero-order chi connectivity index (χ0) is 15.6. The van der Waals surface area contributed by atoms with Crippen LogP contribution in [0.1, 0.15) is 35.8 Å². The predicted molar refractivity (Wildman–Crippen MR) is 71.6 cm³/mol. The van der Waals surface area contributed by atoms with Gasteiger partial charge in [-0.2, -0.15) is 0 Å². The summed E-state index contributed by atoms with van der Waals surface area (Å²) in [6.07, 6.45) is 0. The lowest BCUT2D eigenvalue weighted by Gasteiger charge is -2.02. The fourth-order valence-electron chi connectivity index (χ4n) is 1.65. The first kappa shape index (κ1) is 14.6. The highest BCUT2D eigenvalue weighted by Crippen LogP contribution is 2.22. The molecule has 0 radical (unpaired) electrons. The molecule has 7 nitrogen and oxygen atoms in total. The van der Waals surface area contributed by atoms with Gasteiger partial charge in [0.1, 0.15) is 11.4 Å². The number of aromatic nitrogens is 1. The highest BCUT2D eigenvalue weighted by atomic mass is 19.1. The maximum absolute atomic E-state index is 13.2. The molecule has 0 atom stereocenters. The summed E-state index contributed by atoms with van der Waals surface area (Å²) in [5.74, 6) is -1.44. The number of hydrogen-bond acceptors (Lipinski definition) is 5. The maximum Gasteiger partial charge on any atom is 0.282 e. The van der Waals surface area contributed by atoms with Gasteiger partial charge < -0.3 is 4.52 Å². The molecule has 0 bridgehead atoms. The van der Waals surface area contributed by atoms with Gasteiger partial charge in [-0.05, 0) is 18.1 Å². The summed E-state index contributed by atoms with van der Waals surface area (Å²) in [7, 11) is 0. The first-order chi connectivity index (χ1) is 9.88. The van der Waals surface area contributed by atoms with Crippen LogP contribution in [-0.4, -0.2) is 16.0 Å². The fourth-order valence-corrected chi connectivity index (χ4v) is 1.65. The number of carbonyl (C=O) groups excluding carboxylic acids is 1. The number of nitro groups is 1. The fraction of sp³-hybridized carbons (Fsp3) is 0.231. The third kappa shape index (κ3) is 3.22. The molecule has 2 aromatic rings. The minimum atomic E-state index is -0.840. The van der Waals surface area contributed by atoms with Crippen LogP contribution in [0, 0.1) is 15.9 Å². The van der Waals surface area contributed by atoms with E-state index in [0.29, 0.717) is 5.69 Å². The van der Waals surface area contributed by atoms with Crippen LogP contribution in [0.2, 0.25) is 0 Å². The Balaban J connectivity index is 2.27. The van der Waals surface area contributed by atoms with Gasteiger partial charge in [0.2, 0.25) is 5.88 Å². The standard InChI is InChI=1S/C13H12FN3O4/c1-7(2)10-6-12(21-16-10)15-13(18)9-5-8(14)3-4-11(9)17(19)20/h3-7H,1-2H3,(H,15,18). The monoisotopic (exact) mass is 293 g/mol. The molecule has 1 N–H and O–H groups in total. The van der Waals surface area contributed by atoms with E-state index in [1.54, 1.807) is 0 Å². The van der Waals surface area contributed by atoms with Crippen LogP contribution >= 0.6 is 0 Å².